The van der Waals surface area contributed by atoms with Gasteiger partial charge in [0, 0.05) is 23.8 Å². The maximum atomic E-state index is 12.6. The van der Waals surface area contributed by atoms with E-state index in [4.69, 9.17) is 0 Å². The van der Waals surface area contributed by atoms with E-state index < -0.39 is 0 Å². The van der Waals surface area contributed by atoms with Crippen molar-refractivity contribution in [1.29, 1.82) is 0 Å². The molecule has 1 N–H and O–H groups in total. The van der Waals surface area contributed by atoms with Crippen LogP contribution in [0.1, 0.15) is 51.9 Å². The number of rotatable bonds is 5. The predicted octanol–water partition coefficient (Wildman–Crippen LogP) is 2.18. The third-order valence-corrected chi connectivity index (χ3v) is 6.25. The summed E-state index contributed by atoms with van der Waals surface area (Å²) in [7, 11) is 0. The monoisotopic (exact) mass is 310 g/mol. The third kappa shape index (κ3) is 3.38. The first-order chi connectivity index (χ1) is 10.2. The van der Waals surface area contributed by atoms with Crippen LogP contribution in [0.25, 0.3) is 0 Å². The average molecular weight is 310 g/mol. The summed E-state index contributed by atoms with van der Waals surface area (Å²) in [6, 6.07) is 0.104. The normalized spacial score (nSPS) is 32.4. The van der Waals surface area contributed by atoms with Crippen molar-refractivity contribution < 1.29 is 9.59 Å². The molecule has 4 nitrogen and oxygen atoms in total. The summed E-state index contributed by atoms with van der Waals surface area (Å²) in [4.78, 5) is 26.7. The molecule has 0 aromatic rings. The zero-order valence-corrected chi connectivity index (χ0v) is 13.7. The highest BCUT2D eigenvalue weighted by Crippen LogP contribution is 2.34. The molecule has 118 valence electrons. The van der Waals surface area contributed by atoms with Crippen LogP contribution in [0.15, 0.2) is 0 Å². The molecule has 3 atom stereocenters. The second-order valence-corrected chi connectivity index (χ2v) is 8.02. The predicted molar refractivity (Wildman–Crippen MR) is 85.2 cm³/mol. The minimum absolute atomic E-state index is 0.0927. The second kappa shape index (κ2) is 6.59. The van der Waals surface area contributed by atoms with Gasteiger partial charge in [0.15, 0.2) is 0 Å². The van der Waals surface area contributed by atoms with Gasteiger partial charge in [0.2, 0.25) is 11.8 Å². The highest BCUT2D eigenvalue weighted by atomic mass is 32.2. The Kier molecular flexibility index (Phi) is 4.77. The number of nitrogens with zero attached hydrogens (tertiary/aromatic N) is 1. The van der Waals surface area contributed by atoms with Crippen molar-refractivity contribution in [3.05, 3.63) is 0 Å². The lowest BCUT2D eigenvalue weighted by Gasteiger charge is -2.27. The van der Waals surface area contributed by atoms with Gasteiger partial charge in [-0.2, -0.15) is 11.8 Å². The van der Waals surface area contributed by atoms with Crippen LogP contribution in [0, 0.1) is 5.92 Å². The van der Waals surface area contributed by atoms with Crippen LogP contribution < -0.4 is 5.32 Å². The molecule has 1 saturated heterocycles. The summed E-state index contributed by atoms with van der Waals surface area (Å²) in [5.74, 6) is 1.63. The van der Waals surface area contributed by atoms with Gasteiger partial charge in [-0.25, -0.2) is 0 Å². The van der Waals surface area contributed by atoms with Crippen LogP contribution in [0.4, 0.5) is 0 Å². The Bertz CT molecular complexity index is 411. The topological polar surface area (TPSA) is 49.4 Å². The van der Waals surface area contributed by atoms with Crippen LogP contribution in [0.2, 0.25) is 0 Å². The van der Waals surface area contributed by atoms with Gasteiger partial charge in [-0.1, -0.05) is 13.3 Å². The van der Waals surface area contributed by atoms with Gasteiger partial charge in [0.1, 0.15) is 6.04 Å². The van der Waals surface area contributed by atoms with Crippen molar-refractivity contribution in [2.24, 2.45) is 5.92 Å². The minimum Gasteiger partial charge on any atom is -0.350 e. The van der Waals surface area contributed by atoms with Crippen molar-refractivity contribution in [1.82, 2.24) is 10.2 Å². The van der Waals surface area contributed by atoms with Gasteiger partial charge in [-0.3, -0.25) is 9.59 Å². The van der Waals surface area contributed by atoms with Crippen molar-refractivity contribution in [2.75, 3.05) is 12.3 Å². The Morgan fingerprint density at radius 2 is 1.95 bits per heavy atom. The zero-order chi connectivity index (χ0) is 14.8. The standard InChI is InChI=1S/C16H26N2O2S/c1-2-21-14-7-3-5-12(14)17-15(19)13-6-4-10-18(13)16(20)11-8-9-11/h11-14H,2-10H2,1H3,(H,17,19)/t12-,13-,14-/m1/s1. The summed E-state index contributed by atoms with van der Waals surface area (Å²) in [5.41, 5.74) is 0. The van der Waals surface area contributed by atoms with Crippen LogP contribution in [0.3, 0.4) is 0 Å². The fourth-order valence-corrected chi connectivity index (χ4v) is 4.85. The van der Waals surface area contributed by atoms with Crippen LogP contribution in [-0.2, 0) is 9.59 Å². The molecule has 3 aliphatic rings. The van der Waals surface area contributed by atoms with E-state index in [9.17, 15) is 9.59 Å². The maximum absolute atomic E-state index is 12.6. The quantitative estimate of drug-likeness (QED) is 0.847. The lowest BCUT2D eigenvalue weighted by Crippen LogP contribution is -2.50. The van der Waals surface area contributed by atoms with E-state index in [0.29, 0.717) is 11.3 Å². The molecule has 0 aromatic carbocycles. The number of carbonyl (C=O) groups excluding carboxylic acids is 2. The maximum Gasteiger partial charge on any atom is 0.243 e. The minimum atomic E-state index is -0.203. The first-order valence-corrected chi connectivity index (χ1v) is 9.48. The molecule has 0 unspecified atom stereocenters. The van der Waals surface area contributed by atoms with Crippen molar-refractivity contribution in [2.45, 2.75) is 69.2 Å². The van der Waals surface area contributed by atoms with Crippen molar-refractivity contribution in [3.8, 4) is 0 Å². The second-order valence-electron chi connectivity index (χ2n) is 6.50. The molecule has 3 fully saturated rings. The molecule has 2 saturated carbocycles. The molecule has 0 spiro atoms. The molecule has 2 aliphatic carbocycles. The van der Waals surface area contributed by atoms with E-state index in [1.807, 2.05) is 16.7 Å². The zero-order valence-electron chi connectivity index (χ0n) is 12.8. The Balaban J connectivity index is 1.57. The highest BCUT2D eigenvalue weighted by molar-refractivity contribution is 7.99. The number of carbonyl (C=O) groups is 2. The lowest BCUT2D eigenvalue weighted by molar-refractivity contribution is -0.139. The summed E-state index contributed by atoms with van der Waals surface area (Å²) in [6.07, 6.45) is 7.34. The molecule has 0 aromatic heterocycles. The van der Waals surface area contributed by atoms with E-state index >= 15 is 0 Å². The molecular formula is C16H26N2O2S. The molecule has 21 heavy (non-hydrogen) atoms. The average Bonchev–Trinajstić information content (AvgIpc) is 3.04. The van der Waals surface area contributed by atoms with Gasteiger partial charge in [-0.05, 0) is 44.3 Å². The smallest absolute Gasteiger partial charge is 0.243 e. The Labute approximate surface area is 131 Å². The summed E-state index contributed by atoms with van der Waals surface area (Å²) in [6.45, 7) is 2.94. The van der Waals surface area contributed by atoms with Crippen molar-refractivity contribution in [3.63, 3.8) is 0 Å². The summed E-state index contributed by atoms with van der Waals surface area (Å²) in [5, 5.41) is 3.81. The number of thioether (sulfide) groups is 1. The van der Waals surface area contributed by atoms with E-state index in [2.05, 4.69) is 12.2 Å². The Morgan fingerprint density at radius 1 is 1.14 bits per heavy atom. The van der Waals surface area contributed by atoms with Crippen LogP contribution in [0.5, 0.6) is 0 Å². The third-order valence-electron chi connectivity index (χ3n) is 4.93. The molecule has 1 aliphatic heterocycles. The fourth-order valence-electron chi connectivity index (χ4n) is 3.65. The Morgan fingerprint density at radius 3 is 2.67 bits per heavy atom. The van der Waals surface area contributed by atoms with E-state index in [0.717, 1.165) is 44.4 Å². The van der Waals surface area contributed by atoms with Crippen LogP contribution in [-0.4, -0.2) is 46.3 Å². The van der Waals surface area contributed by atoms with Gasteiger partial charge in [0.25, 0.3) is 0 Å². The van der Waals surface area contributed by atoms with E-state index in [1.54, 1.807) is 0 Å². The van der Waals surface area contributed by atoms with Gasteiger partial charge in [0.05, 0.1) is 0 Å². The molecular weight excluding hydrogens is 284 g/mol. The summed E-state index contributed by atoms with van der Waals surface area (Å²) < 4.78 is 0. The largest absolute Gasteiger partial charge is 0.350 e. The highest BCUT2D eigenvalue weighted by Gasteiger charge is 2.41. The first kappa shape index (κ1) is 15.2. The molecule has 3 rings (SSSR count). The van der Waals surface area contributed by atoms with Crippen molar-refractivity contribution >= 4 is 23.6 Å². The molecule has 0 bridgehead atoms. The lowest BCUT2D eigenvalue weighted by atomic mass is 10.1. The molecule has 2 amide bonds. The SMILES string of the molecule is CCS[C@@H]1CCC[C@H]1NC(=O)[C@H]1CCCN1C(=O)C1CC1. The molecule has 0 radical (unpaired) electrons. The van der Waals surface area contributed by atoms with Gasteiger partial charge < -0.3 is 10.2 Å². The van der Waals surface area contributed by atoms with E-state index in [1.165, 1.54) is 12.8 Å². The van der Waals surface area contributed by atoms with Crippen LogP contribution >= 0.6 is 11.8 Å². The summed E-state index contributed by atoms with van der Waals surface area (Å²) >= 11 is 1.96. The van der Waals surface area contributed by atoms with Gasteiger partial charge >= 0.3 is 0 Å². The number of hydrogen-bond donors (Lipinski definition) is 1. The fraction of sp³-hybridized carbons (Fsp3) is 0.875. The molecule has 5 heteroatoms. The Hall–Kier alpha value is -0.710. The van der Waals surface area contributed by atoms with E-state index in [-0.39, 0.29) is 23.8 Å². The number of nitrogens with one attached hydrogen (secondary N) is 1. The number of hydrogen-bond acceptors (Lipinski definition) is 3. The number of likely N-dealkylation sites (tertiary alicyclic amines) is 1. The number of amides is 2. The van der Waals surface area contributed by atoms with Gasteiger partial charge in [-0.15, -0.1) is 0 Å². The first-order valence-electron chi connectivity index (χ1n) is 8.43. The molecule has 1 heterocycles.